The van der Waals surface area contributed by atoms with Crippen molar-refractivity contribution in [1.82, 2.24) is 4.98 Å². The largest absolute Gasteiger partial charge is 0.364 e. The van der Waals surface area contributed by atoms with Crippen molar-refractivity contribution in [3.8, 4) is 0 Å². The molecule has 0 aromatic carbocycles. The highest BCUT2D eigenvalue weighted by Crippen LogP contribution is 2.07. The molecule has 0 bridgehead atoms. The molecule has 0 spiro atoms. The predicted octanol–water partition coefficient (Wildman–Crippen LogP) is 0.375. The Morgan fingerprint density at radius 2 is 2.25 bits per heavy atom. The molecule has 12 heavy (non-hydrogen) atoms. The van der Waals surface area contributed by atoms with Crippen molar-refractivity contribution >= 4 is 21.8 Å². The van der Waals surface area contributed by atoms with Crippen LogP contribution in [0.1, 0.15) is 10.5 Å². The lowest BCUT2D eigenvalue weighted by molar-refractivity contribution is 0.0991. The first-order valence-electron chi connectivity index (χ1n) is 2.90. The van der Waals surface area contributed by atoms with Crippen LogP contribution < -0.4 is 11.3 Å². The van der Waals surface area contributed by atoms with Gasteiger partial charge in [0.15, 0.2) is 5.82 Å². The Bertz CT molecular complexity index is 388. The number of pyridine rings is 1. The van der Waals surface area contributed by atoms with Gasteiger partial charge in [-0.05, 0) is 22.0 Å². The number of hydrogen-bond donors (Lipinski definition) is 2. The smallest absolute Gasteiger partial charge is 0.268 e. The highest BCUT2D eigenvalue weighted by Gasteiger charge is 2.10. The standard InChI is InChI=1S/C6H4BrFN2O2/c7-2-1-3(8)4(5(9)11)10-6(2)12/h1H,(H2,9,11)(H,10,12). The van der Waals surface area contributed by atoms with Crippen molar-refractivity contribution in [3.05, 3.63) is 32.4 Å². The van der Waals surface area contributed by atoms with Gasteiger partial charge in [-0.25, -0.2) is 4.39 Å². The number of rotatable bonds is 1. The lowest BCUT2D eigenvalue weighted by Crippen LogP contribution is -2.21. The Hall–Kier alpha value is -1.17. The van der Waals surface area contributed by atoms with Crippen molar-refractivity contribution in [2.24, 2.45) is 5.73 Å². The molecule has 4 nitrogen and oxygen atoms in total. The third kappa shape index (κ3) is 1.53. The van der Waals surface area contributed by atoms with E-state index in [1.807, 2.05) is 4.98 Å². The van der Waals surface area contributed by atoms with Gasteiger partial charge in [0.1, 0.15) is 5.69 Å². The summed E-state index contributed by atoms with van der Waals surface area (Å²) in [4.78, 5) is 23.3. The second-order valence-corrected chi connectivity index (χ2v) is 2.89. The van der Waals surface area contributed by atoms with Gasteiger partial charge in [-0.3, -0.25) is 9.59 Å². The van der Waals surface area contributed by atoms with Gasteiger partial charge in [-0.2, -0.15) is 0 Å². The summed E-state index contributed by atoms with van der Waals surface area (Å²) in [5.41, 5.74) is 3.67. The van der Waals surface area contributed by atoms with Gasteiger partial charge < -0.3 is 10.7 Å². The minimum absolute atomic E-state index is 0.0185. The van der Waals surface area contributed by atoms with E-state index in [9.17, 15) is 14.0 Å². The summed E-state index contributed by atoms with van der Waals surface area (Å²) >= 11 is 2.79. The van der Waals surface area contributed by atoms with Crippen LogP contribution in [0.15, 0.2) is 15.3 Å². The molecule has 0 aliphatic heterocycles. The summed E-state index contributed by atoms with van der Waals surface area (Å²) in [6.07, 6.45) is 0. The number of aromatic nitrogens is 1. The normalized spacial score (nSPS) is 9.83. The molecule has 64 valence electrons. The molecule has 0 radical (unpaired) electrons. The number of aromatic amines is 1. The van der Waals surface area contributed by atoms with Gasteiger partial charge in [0.2, 0.25) is 0 Å². The molecular weight excluding hydrogens is 231 g/mol. The van der Waals surface area contributed by atoms with E-state index < -0.39 is 23.0 Å². The second-order valence-electron chi connectivity index (χ2n) is 2.03. The van der Waals surface area contributed by atoms with E-state index in [0.717, 1.165) is 6.07 Å². The van der Waals surface area contributed by atoms with Crippen molar-refractivity contribution in [3.63, 3.8) is 0 Å². The number of H-pyrrole nitrogens is 1. The molecule has 0 aliphatic rings. The fraction of sp³-hybridized carbons (Fsp3) is 0. The van der Waals surface area contributed by atoms with E-state index in [4.69, 9.17) is 5.73 Å². The monoisotopic (exact) mass is 234 g/mol. The topological polar surface area (TPSA) is 76.0 Å². The minimum Gasteiger partial charge on any atom is -0.364 e. The minimum atomic E-state index is -1.00. The van der Waals surface area contributed by atoms with Crippen molar-refractivity contribution in [2.75, 3.05) is 0 Å². The molecule has 0 unspecified atom stereocenters. The quantitative estimate of drug-likeness (QED) is 0.737. The van der Waals surface area contributed by atoms with E-state index >= 15 is 0 Å². The summed E-state index contributed by atoms with van der Waals surface area (Å²) in [6, 6.07) is 0.888. The van der Waals surface area contributed by atoms with Crippen LogP contribution in [-0.2, 0) is 0 Å². The molecule has 0 saturated carbocycles. The van der Waals surface area contributed by atoms with Crippen LogP contribution in [0.25, 0.3) is 0 Å². The number of nitrogens with one attached hydrogen (secondary N) is 1. The number of primary amides is 1. The second kappa shape index (κ2) is 3.06. The first kappa shape index (κ1) is 8.92. The van der Waals surface area contributed by atoms with Gasteiger partial charge in [0.25, 0.3) is 11.5 Å². The van der Waals surface area contributed by atoms with Crippen LogP contribution in [0.3, 0.4) is 0 Å². The summed E-state index contributed by atoms with van der Waals surface area (Å²) in [5, 5.41) is 0. The SMILES string of the molecule is NC(=O)c1[nH]c(=O)c(Br)cc1F. The van der Waals surface area contributed by atoms with Crippen LogP contribution >= 0.6 is 15.9 Å². The van der Waals surface area contributed by atoms with Crippen LogP contribution in [-0.4, -0.2) is 10.9 Å². The number of hydrogen-bond acceptors (Lipinski definition) is 2. The first-order valence-corrected chi connectivity index (χ1v) is 3.70. The zero-order chi connectivity index (χ0) is 9.30. The van der Waals surface area contributed by atoms with Crippen molar-refractivity contribution in [1.29, 1.82) is 0 Å². The Labute approximate surface area is 74.7 Å². The van der Waals surface area contributed by atoms with E-state index in [1.165, 1.54) is 0 Å². The summed E-state index contributed by atoms with van der Waals surface area (Å²) < 4.78 is 12.8. The molecule has 1 aromatic heterocycles. The molecule has 1 amide bonds. The fourth-order valence-electron chi connectivity index (χ4n) is 0.661. The molecule has 0 saturated heterocycles. The van der Waals surface area contributed by atoms with E-state index in [1.54, 1.807) is 0 Å². The molecule has 3 N–H and O–H groups in total. The van der Waals surface area contributed by atoms with Gasteiger partial charge in [0, 0.05) is 0 Å². The maximum atomic E-state index is 12.8. The molecule has 1 rings (SSSR count). The Kier molecular flexibility index (Phi) is 2.27. The van der Waals surface area contributed by atoms with Crippen LogP contribution in [0.4, 0.5) is 4.39 Å². The number of halogens is 2. The lowest BCUT2D eigenvalue weighted by Gasteiger charge is -1.97. The molecule has 0 aliphatic carbocycles. The van der Waals surface area contributed by atoms with Gasteiger partial charge in [-0.1, -0.05) is 0 Å². The molecule has 1 heterocycles. The highest BCUT2D eigenvalue weighted by molar-refractivity contribution is 9.10. The average molecular weight is 235 g/mol. The van der Waals surface area contributed by atoms with Gasteiger partial charge >= 0.3 is 0 Å². The zero-order valence-corrected chi connectivity index (χ0v) is 7.31. The molecule has 0 fully saturated rings. The van der Waals surface area contributed by atoms with Gasteiger partial charge in [0.05, 0.1) is 4.47 Å². The van der Waals surface area contributed by atoms with Crippen LogP contribution in [0, 0.1) is 5.82 Å². The average Bonchev–Trinajstić information content (AvgIpc) is 1.96. The molecule has 6 heteroatoms. The molecule has 1 aromatic rings. The van der Waals surface area contributed by atoms with E-state index in [2.05, 4.69) is 15.9 Å². The number of amides is 1. The number of carbonyl (C=O) groups excluding carboxylic acids is 1. The maximum Gasteiger partial charge on any atom is 0.268 e. The first-order chi connectivity index (χ1) is 5.52. The van der Waals surface area contributed by atoms with Crippen LogP contribution in [0.5, 0.6) is 0 Å². The predicted molar refractivity (Wildman–Crippen MR) is 43.2 cm³/mol. The number of carbonyl (C=O) groups is 1. The highest BCUT2D eigenvalue weighted by atomic mass is 79.9. The van der Waals surface area contributed by atoms with Crippen molar-refractivity contribution < 1.29 is 9.18 Å². The Morgan fingerprint density at radius 3 is 2.75 bits per heavy atom. The van der Waals surface area contributed by atoms with E-state index in [-0.39, 0.29) is 4.47 Å². The van der Waals surface area contributed by atoms with E-state index in [0.29, 0.717) is 0 Å². The summed E-state index contributed by atoms with van der Waals surface area (Å²) in [6.45, 7) is 0. The lowest BCUT2D eigenvalue weighted by atomic mass is 10.3. The third-order valence-corrected chi connectivity index (χ3v) is 1.78. The molecular formula is C6H4BrFN2O2. The van der Waals surface area contributed by atoms with Crippen molar-refractivity contribution in [2.45, 2.75) is 0 Å². The number of nitrogens with two attached hydrogens (primary N) is 1. The third-order valence-electron chi connectivity index (χ3n) is 1.19. The summed E-state index contributed by atoms with van der Waals surface area (Å²) in [7, 11) is 0. The van der Waals surface area contributed by atoms with Crippen LogP contribution in [0.2, 0.25) is 0 Å². The zero-order valence-electron chi connectivity index (χ0n) is 5.73. The Morgan fingerprint density at radius 1 is 1.67 bits per heavy atom. The molecule has 0 atom stereocenters. The van der Waals surface area contributed by atoms with Gasteiger partial charge in [-0.15, -0.1) is 0 Å². The summed E-state index contributed by atoms with van der Waals surface area (Å²) in [5.74, 6) is -1.86. The fourth-order valence-corrected chi connectivity index (χ4v) is 0.961. The Balaban J connectivity index is 3.43. The maximum absolute atomic E-state index is 12.8.